The van der Waals surface area contributed by atoms with Crippen LogP contribution in [0.1, 0.15) is 39.2 Å². The van der Waals surface area contributed by atoms with Crippen LogP contribution in [-0.4, -0.2) is 31.0 Å². The van der Waals surface area contributed by atoms with Crippen molar-refractivity contribution < 1.29 is 4.79 Å². The van der Waals surface area contributed by atoms with Gasteiger partial charge in [-0.3, -0.25) is 4.79 Å². The van der Waals surface area contributed by atoms with Gasteiger partial charge in [0.15, 0.2) is 5.96 Å². The van der Waals surface area contributed by atoms with E-state index in [4.69, 9.17) is 11.6 Å². The lowest BCUT2D eigenvalue weighted by molar-refractivity contribution is -0.121. The molecular weight excluding hydrogens is 439 g/mol. The average Bonchev–Trinajstić information content (AvgIpc) is 2.53. The fourth-order valence-corrected chi connectivity index (χ4v) is 1.97. The topological polar surface area (TPSA) is 65.5 Å². The largest absolute Gasteiger partial charge is 0.357 e. The van der Waals surface area contributed by atoms with Crippen LogP contribution in [-0.2, 0) is 11.3 Å². The lowest BCUT2D eigenvalue weighted by Gasteiger charge is -2.13. The maximum absolute atomic E-state index is 11.7. The third-order valence-electron chi connectivity index (χ3n) is 3.34. The Labute approximate surface area is 167 Å². The lowest BCUT2D eigenvalue weighted by Crippen LogP contribution is -2.40. The Morgan fingerprint density at radius 1 is 1.21 bits per heavy atom. The minimum atomic E-state index is 0. The third-order valence-corrected chi connectivity index (χ3v) is 3.59. The van der Waals surface area contributed by atoms with Crippen molar-refractivity contribution in [1.29, 1.82) is 0 Å². The molecule has 0 bridgehead atoms. The van der Waals surface area contributed by atoms with E-state index in [0.717, 1.165) is 23.6 Å². The number of halogens is 2. The predicted octanol–water partition coefficient (Wildman–Crippen LogP) is 3.32. The highest BCUT2D eigenvalue weighted by atomic mass is 127. The van der Waals surface area contributed by atoms with Crippen molar-refractivity contribution in [1.82, 2.24) is 16.0 Å². The molecule has 5 nitrogen and oxygen atoms in total. The Morgan fingerprint density at radius 3 is 2.46 bits per heavy atom. The Bertz CT molecular complexity index is 508. The molecule has 1 atom stereocenters. The van der Waals surface area contributed by atoms with E-state index in [1.54, 1.807) is 0 Å². The molecule has 136 valence electrons. The number of nitrogens with zero attached hydrogens (tertiary/aromatic N) is 1. The summed E-state index contributed by atoms with van der Waals surface area (Å²) in [6, 6.07) is 7.83. The summed E-state index contributed by atoms with van der Waals surface area (Å²) < 4.78 is 0. The number of carbonyl (C=O) groups is 1. The smallest absolute Gasteiger partial charge is 0.221 e. The van der Waals surface area contributed by atoms with Crippen molar-refractivity contribution in [3.63, 3.8) is 0 Å². The number of aliphatic imine (C=N–C) groups is 1. The minimum absolute atomic E-state index is 0. The fraction of sp³-hybridized carbons (Fsp3) is 0.529. The summed E-state index contributed by atoms with van der Waals surface area (Å²) >= 11 is 5.87. The van der Waals surface area contributed by atoms with Gasteiger partial charge in [-0.1, -0.05) is 30.7 Å². The molecule has 0 radical (unpaired) electrons. The summed E-state index contributed by atoms with van der Waals surface area (Å²) in [7, 11) is 0. The van der Waals surface area contributed by atoms with Gasteiger partial charge in [0.05, 0.1) is 6.54 Å². The Balaban J connectivity index is 0.00000529. The number of hydrogen-bond acceptors (Lipinski definition) is 2. The van der Waals surface area contributed by atoms with E-state index in [9.17, 15) is 4.79 Å². The summed E-state index contributed by atoms with van der Waals surface area (Å²) in [5.74, 6) is 0.763. The van der Waals surface area contributed by atoms with Crippen LogP contribution in [0.15, 0.2) is 29.3 Å². The highest BCUT2D eigenvalue weighted by molar-refractivity contribution is 14.0. The first-order valence-corrected chi connectivity index (χ1v) is 8.48. The summed E-state index contributed by atoms with van der Waals surface area (Å²) in [6.07, 6.45) is 1.36. The molecule has 1 rings (SSSR count). The maximum Gasteiger partial charge on any atom is 0.221 e. The average molecular weight is 467 g/mol. The van der Waals surface area contributed by atoms with Gasteiger partial charge in [-0.25, -0.2) is 4.99 Å². The first kappa shape index (κ1) is 23.0. The molecule has 1 aromatic carbocycles. The summed E-state index contributed by atoms with van der Waals surface area (Å²) in [4.78, 5) is 16.2. The Kier molecular flexibility index (Phi) is 12.7. The maximum atomic E-state index is 11.7. The van der Waals surface area contributed by atoms with E-state index >= 15 is 0 Å². The van der Waals surface area contributed by atoms with Crippen LogP contribution in [0.25, 0.3) is 0 Å². The molecule has 0 heterocycles. The van der Waals surface area contributed by atoms with Crippen molar-refractivity contribution >= 4 is 47.4 Å². The van der Waals surface area contributed by atoms with Crippen molar-refractivity contribution in [2.24, 2.45) is 4.99 Å². The van der Waals surface area contributed by atoms with Gasteiger partial charge < -0.3 is 16.0 Å². The number of carbonyl (C=O) groups excluding carboxylic acids is 1. The molecule has 1 aromatic rings. The number of guanidine groups is 1. The molecule has 0 saturated heterocycles. The molecule has 0 aliphatic rings. The van der Waals surface area contributed by atoms with E-state index in [1.165, 1.54) is 0 Å². The first-order valence-electron chi connectivity index (χ1n) is 8.11. The molecule has 3 N–H and O–H groups in total. The van der Waals surface area contributed by atoms with E-state index in [1.807, 2.05) is 38.1 Å². The zero-order chi connectivity index (χ0) is 17.1. The second-order valence-electron chi connectivity index (χ2n) is 5.38. The predicted molar refractivity (Wildman–Crippen MR) is 112 cm³/mol. The monoisotopic (exact) mass is 466 g/mol. The number of nitrogens with one attached hydrogen (secondary N) is 3. The number of amides is 1. The molecule has 1 amide bonds. The second kappa shape index (κ2) is 13.3. The van der Waals surface area contributed by atoms with Gasteiger partial charge in [0, 0.05) is 30.6 Å². The van der Waals surface area contributed by atoms with Gasteiger partial charge in [-0.05, 0) is 38.0 Å². The lowest BCUT2D eigenvalue weighted by atomic mass is 10.2. The van der Waals surface area contributed by atoms with Crippen LogP contribution in [0.4, 0.5) is 0 Å². The van der Waals surface area contributed by atoms with Crippen molar-refractivity contribution in [3.8, 4) is 0 Å². The molecular formula is C17H28ClIN4O. The molecule has 0 spiro atoms. The SMILES string of the molecule is CCNC(=NCc1ccc(Cl)cc1)NCCC(=O)NC(C)CC.I. The zero-order valence-electron chi connectivity index (χ0n) is 14.6. The zero-order valence-corrected chi connectivity index (χ0v) is 17.7. The molecule has 0 aliphatic heterocycles. The van der Waals surface area contributed by atoms with Crippen LogP contribution in [0, 0.1) is 0 Å². The van der Waals surface area contributed by atoms with Crippen LogP contribution in [0.2, 0.25) is 5.02 Å². The highest BCUT2D eigenvalue weighted by Gasteiger charge is 2.05. The van der Waals surface area contributed by atoms with Gasteiger partial charge in [-0.2, -0.15) is 0 Å². The van der Waals surface area contributed by atoms with E-state index in [0.29, 0.717) is 25.5 Å². The van der Waals surface area contributed by atoms with E-state index in [-0.39, 0.29) is 35.9 Å². The first-order chi connectivity index (χ1) is 11.0. The summed E-state index contributed by atoms with van der Waals surface area (Å²) in [6.45, 7) is 7.94. The number of rotatable bonds is 8. The molecule has 7 heteroatoms. The van der Waals surface area contributed by atoms with Crippen LogP contribution >= 0.6 is 35.6 Å². The van der Waals surface area contributed by atoms with Gasteiger partial charge in [0.2, 0.25) is 5.91 Å². The molecule has 0 fully saturated rings. The third kappa shape index (κ3) is 9.97. The van der Waals surface area contributed by atoms with Crippen molar-refractivity contribution in [3.05, 3.63) is 34.9 Å². The molecule has 0 aliphatic carbocycles. The summed E-state index contributed by atoms with van der Waals surface area (Å²) in [5, 5.41) is 10.0. The van der Waals surface area contributed by atoms with Gasteiger partial charge >= 0.3 is 0 Å². The van der Waals surface area contributed by atoms with Crippen LogP contribution in [0.3, 0.4) is 0 Å². The highest BCUT2D eigenvalue weighted by Crippen LogP contribution is 2.10. The van der Waals surface area contributed by atoms with Gasteiger partial charge in [0.25, 0.3) is 0 Å². The fourth-order valence-electron chi connectivity index (χ4n) is 1.85. The van der Waals surface area contributed by atoms with E-state index < -0.39 is 0 Å². The van der Waals surface area contributed by atoms with Gasteiger partial charge in [0.1, 0.15) is 0 Å². The number of hydrogen-bond donors (Lipinski definition) is 3. The standard InChI is InChI=1S/C17H27ClN4O.HI/c1-4-13(3)22-16(23)10-11-20-17(19-5-2)21-12-14-6-8-15(18)9-7-14;/h6-9,13H,4-5,10-12H2,1-3H3,(H,22,23)(H2,19,20,21);1H. The Morgan fingerprint density at radius 2 is 1.88 bits per heavy atom. The van der Waals surface area contributed by atoms with Crippen molar-refractivity contribution in [2.75, 3.05) is 13.1 Å². The van der Waals surface area contributed by atoms with Crippen molar-refractivity contribution in [2.45, 2.75) is 46.2 Å². The van der Waals surface area contributed by atoms with E-state index in [2.05, 4.69) is 27.9 Å². The molecule has 1 unspecified atom stereocenters. The normalized spacial score (nSPS) is 12.1. The number of benzene rings is 1. The molecule has 24 heavy (non-hydrogen) atoms. The quantitative estimate of drug-likeness (QED) is 0.313. The van der Waals surface area contributed by atoms with Crippen LogP contribution in [0.5, 0.6) is 0 Å². The summed E-state index contributed by atoms with van der Waals surface area (Å²) in [5.41, 5.74) is 1.08. The van der Waals surface area contributed by atoms with Crippen LogP contribution < -0.4 is 16.0 Å². The molecule has 0 saturated carbocycles. The molecule has 0 aromatic heterocycles. The minimum Gasteiger partial charge on any atom is -0.357 e. The second-order valence-corrected chi connectivity index (χ2v) is 5.81. The Hall–Kier alpha value is -1.02. The van der Waals surface area contributed by atoms with Gasteiger partial charge in [-0.15, -0.1) is 24.0 Å².